The molecule has 1 heterocycles. The average molecular weight is 823 g/mol. The summed E-state index contributed by atoms with van der Waals surface area (Å²) in [6.07, 6.45) is 41.7. The minimum absolute atomic E-state index is 0.115. The summed E-state index contributed by atoms with van der Waals surface area (Å²) in [5.41, 5.74) is 0. The van der Waals surface area contributed by atoms with Crippen LogP contribution in [0.3, 0.4) is 0 Å². The minimum Gasteiger partial charge on any atom is -0.457 e. The Balaban J connectivity index is 2.23. The van der Waals surface area contributed by atoms with Crippen molar-refractivity contribution in [3.63, 3.8) is 0 Å². The molecule has 58 heavy (non-hydrogen) atoms. The standard InChI is InChI=1S/C49H90O9/c1-3-5-7-9-11-13-15-17-19-21-23-25-27-29-31-33-35-37-39-55-41-43(42-56-49-48(54)47(53)46(52)44(40-50)58-49)57-45(51)38-36-34-32-30-28-26-24-22-20-18-16-14-12-10-8-6-4-2/h6,8,12,14,18,20,43-44,46-50,52-54H,3-5,7,9-11,13,15-17,19,21-42H2,1-2H3/b8-6-,14-12-,20-18-. The Morgan fingerprint density at radius 2 is 1.05 bits per heavy atom. The van der Waals surface area contributed by atoms with Crippen molar-refractivity contribution in [1.29, 1.82) is 0 Å². The number of aliphatic hydroxyl groups is 4. The molecule has 0 bridgehead atoms. The second-order valence-corrected chi connectivity index (χ2v) is 16.5. The Labute approximate surface area is 355 Å². The van der Waals surface area contributed by atoms with Crippen LogP contribution in [0.25, 0.3) is 0 Å². The summed E-state index contributed by atoms with van der Waals surface area (Å²) in [4.78, 5) is 12.8. The largest absolute Gasteiger partial charge is 0.457 e. The Morgan fingerprint density at radius 3 is 1.59 bits per heavy atom. The first-order valence-electron chi connectivity index (χ1n) is 24.1. The summed E-state index contributed by atoms with van der Waals surface area (Å²) in [6, 6.07) is 0. The van der Waals surface area contributed by atoms with Gasteiger partial charge in [-0.25, -0.2) is 0 Å². The fraction of sp³-hybridized carbons (Fsp3) is 0.857. The van der Waals surface area contributed by atoms with Gasteiger partial charge in [0, 0.05) is 13.0 Å². The number of aliphatic hydroxyl groups excluding tert-OH is 4. The van der Waals surface area contributed by atoms with Crippen molar-refractivity contribution in [2.45, 2.75) is 243 Å². The van der Waals surface area contributed by atoms with Crippen LogP contribution in [0.2, 0.25) is 0 Å². The van der Waals surface area contributed by atoms with Gasteiger partial charge in [0.25, 0.3) is 0 Å². The third-order valence-electron chi connectivity index (χ3n) is 11.1. The van der Waals surface area contributed by atoms with Crippen molar-refractivity contribution < 1.29 is 44.2 Å². The van der Waals surface area contributed by atoms with Crippen LogP contribution < -0.4 is 0 Å². The van der Waals surface area contributed by atoms with E-state index in [1.54, 1.807) is 0 Å². The quantitative estimate of drug-likeness (QED) is 0.0270. The summed E-state index contributed by atoms with van der Waals surface area (Å²) in [5.74, 6) is -0.321. The number of allylic oxidation sites excluding steroid dienone is 6. The van der Waals surface area contributed by atoms with Crippen LogP contribution in [0.4, 0.5) is 0 Å². The van der Waals surface area contributed by atoms with Gasteiger partial charge in [0.1, 0.15) is 30.5 Å². The van der Waals surface area contributed by atoms with E-state index in [2.05, 4.69) is 50.3 Å². The van der Waals surface area contributed by atoms with E-state index >= 15 is 0 Å². The number of hydrogen-bond donors (Lipinski definition) is 4. The molecule has 1 aliphatic heterocycles. The molecular formula is C49H90O9. The molecule has 0 saturated carbocycles. The first-order chi connectivity index (χ1) is 28.4. The second-order valence-electron chi connectivity index (χ2n) is 16.5. The normalized spacial score (nSPS) is 20.6. The fourth-order valence-electron chi connectivity index (χ4n) is 7.33. The van der Waals surface area contributed by atoms with Crippen molar-refractivity contribution in [2.75, 3.05) is 26.4 Å². The Morgan fingerprint density at radius 1 is 0.569 bits per heavy atom. The maximum Gasteiger partial charge on any atom is 0.306 e. The average Bonchev–Trinajstić information content (AvgIpc) is 3.22. The van der Waals surface area contributed by atoms with E-state index in [0.29, 0.717) is 13.0 Å². The molecule has 1 saturated heterocycles. The van der Waals surface area contributed by atoms with Crippen molar-refractivity contribution in [3.8, 4) is 0 Å². The van der Waals surface area contributed by atoms with E-state index in [9.17, 15) is 25.2 Å². The predicted octanol–water partition coefficient (Wildman–Crippen LogP) is 11.1. The summed E-state index contributed by atoms with van der Waals surface area (Å²) in [7, 11) is 0. The van der Waals surface area contributed by atoms with Crippen LogP contribution >= 0.6 is 0 Å². The second kappa shape index (κ2) is 40.8. The molecule has 1 rings (SSSR count). The smallest absolute Gasteiger partial charge is 0.306 e. The first-order valence-corrected chi connectivity index (χ1v) is 24.1. The van der Waals surface area contributed by atoms with Gasteiger partial charge in [-0.3, -0.25) is 4.79 Å². The molecular weight excluding hydrogens is 733 g/mol. The molecule has 340 valence electrons. The topological polar surface area (TPSA) is 135 Å². The third-order valence-corrected chi connectivity index (χ3v) is 11.1. The molecule has 0 aromatic rings. The van der Waals surface area contributed by atoms with Crippen LogP contribution in [0.5, 0.6) is 0 Å². The lowest BCUT2D eigenvalue weighted by molar-refractivity contribution is -0.305. The molecule has 4 N–H and O–H groups in total. The first kappa shape index (κ1) is 54.4. The van der Waals surface area contributed by atoms with E-state index in [1.165, 1.54) is 122 Å². The molecule has 0 aliphatic carbocycles. The van der Waals surface area contributed by atoms with Gasteiger partial charge in [-0.15, -0.1) is 0 Å². The maximum absolute atomic E-state index is 12.8. The SMILES string of the molecule is CC/C=C\C/C=C\C/C=C\CCCCCCCCCC(=O)OC(COCCCCCCCCCCCCCCCCCCCC)COC1OC(CO)C(O)C(O)C1O. The molecule has 0 spiro atoms. The molecule has 0 aromatic carbocycles. The highest BCUT2D eigenvalue weighted by Gasteiger charge is 2.44. The number of esters is 1. The monoisotopic (exact) mass is 823 g/mol. The van der Waals surface area contributed by atoms with Crippen LogP contribution in [0.15, 0.2) is 36.5 Å². The molecule has 1 fully saturated rings. The van der Waals surface area contributed by atoms with Gasteiger partial charge >= 0.3 is 5.97 Å². The lowest BCUT2D eigenvalue weighted by atomic mass is 9.99. The number of hydrogen-bond acceptors (Lipinski definition) is 9. The molecule has 0 aromatic heterocycles. The van der Waals surface area contributed by atoms with Gasteiger partial charge in [-0.2, -0.15) is 0 Å². The highest BCUT2D eigenvalue weighted by molar-refractivity contribution is 5.69. The maximum atomic E-state index is 12.8. The van der Waals surface area contributed by atoms with Crippen LogP contribution in [-0.2, 0) is 23.7 Å². The van der Waals surface area contributed by atoms with Gasteiger partial charge in [-0.1, -0.05) is 192 Å². The summed E-state index contributed by atoms with van der Waals surface area (Å²) < 4.78 is 22.9. The van der Waals surface area contributed by atoms with E-state index in [4.69, 9.17) is 18.9 Å². The number of ether oxygens (including phenoxy) is 4. The Kier molecular flexibility index (Phi) is 38.3. The number of unbranched alkanes of at least 4 members (excludes halogenated alkanes) is 24. The van der Waals surface area contributed by atoms with E-state index < -0.39 is 43.4 Å². The molecule has 6 atom stereocenters. The van der Waals surface area contributed by atoms with Gasteiger partial charge < -0.3 is 39.4 Å². The lowest BCUT2D eigenvalue weighted by Crippen LogP contribution is -2.59. The molecule has 9 nitrogen and oxygen atoms in total. The molecule has 6 unspecified atom stereocenters. The van der Waals surface area contributed by atoms with E-state index in [0.717, 1.165) is 64.2 Å². The van der Waals surface area contributed by atoms with Crippen LogP contribution in [-0.4, -0.2) is 89.6 Å². The van der Waals surface area contributed by atoms with Crippen molar-refractivity contribution in [2.24, 2.45) is 0 Å². The molecule has 1 aliphatic rings. The van der Waals surface area contributed by atoms with Gasteiger partial charge in [0.15, 0.2) is 6.29 Å². The Bertz CT molecular complexity index is 983. The van der Waals surface area contributed by atoms with Crippen molar-refractivity contribution in [1.82, 2.24) is 0 Å². The van der Waals surface area contributed by atoms with Crippen LogP contribution in [0, 0.1) is 0 Å². The molecule has 0 amide bonds. The zero-order valence-corrected chi connectivity index (χ0v) is 37.3. The zero-order valence-electron chi connectivity index (χ0n) is 37.3. The number of rotatable bonds is 41. The predicted molar refractivity (Wildman–Crippen MR) is 238 cm³/mol. The van der Waals surface area contributed by atoms with Gasteiger partial charge in [-0.05, 0) is 44.9 Å². The summed E-state index contributed by atoms with van der Waals surface area (Å²) in [6.45, 7) is 4.47. The third kappa shape index (κ3) is 31.3. The fourth-order valence-corrected chi connectivity index (χ4v) is 7.33. The number of carbonyl (C=O) groups is 1. The van der Waals surface area contributed by atoms with Crippen molar-refractivity contribution in [3.05, 3.63) is 36.5 Å². The van der Waals surface area contributed by atoms with Crippen molar-refractivity contribution >= 4 is 5.97 Å². The van der Waals surface area contributed by atoms with Crippen LogP contribution in [0.1, 0.15) is 206 Å². The minimum atomic E-state index is -1.54. The van der Waals surface area contributed by atoms with E-state index in [1.807, 2.05) is 0 Å². The Hall–Kier alpha value is -1.59. The molecule has 9 heteroatoms. The lowest BCUT2D eigenvalue weighted by Gasteiger charge is -2.39. The van der Waals surface area contributed by atoms with E-state index in [-0.39, 0.29) is 19.2 Å². The van der Waals surface area contributed by atoms with Gasteiger partial charge in [0.2, 0.25) is 0 Å². The summed E-state index contributed by atoms with van der Waals surface area (Å²) in [5, 5.41) is 40.2. The number of carbonyl (C=O) groups excluding carboxylic acids is 1. The molecule has 0 radical (unpaired) electrons. The highest BCUT2D eigenvalue weighted by atomic mass is 16.7. The zero-order chi connectivity index (χ0) is 42.2. The summed E-state index contributed by atoms with van der Waals surface area (Å²) >= 11 is 0. The van der Waals surface area contributed by atoms with Gasteiger partial charge in [0.05, 0.1) is 19.8 Å². The highest BCUT2D eigenvalue weighted by Crippen LogP contribution is 2.23.